The molecule has 0 aliphatic carbocycles. The number of amides is 1. The number of fused-ring (bicyclic) bond motifs is 1. The zero-order valence-electron chi connectivity index (χ0n) is 17.5. The van der Waals surface area contributed by atoms with Crippen molar-refractivity contribution in [2.24, 2.45) is 0 Å². The lowest BCUT2D eigenvalue weighted by atomic mass is 10.2. The molecule has 0 saturated carbocycles. The Hall–Kier alpha value is -3.13. The molecular formula is C23H26N4O3S. The lowest BCUT2D eigenvalue weighted by Crippen LogP contribution is -2.36. The van der Waals surface area contributed by atoms with E-state index in [1.54, 1.807) is 13.2 Å². The molecule has 0 radical (unpaired) electrons. The predicted octanol–water partition coefficient (Wildman–Crippen LogP) is 3.20. The molecule has 2 aromatic carbocycles. The summed E-state index contributed by atoms with van der Waals surface area (Å²) in [6.45, 7) is 3.31. The number of nitrogens with one attached hydrogen (secondary N) is 1. The molecular weight excluding hydrogens is 412 g/mol. The van der Waals surface area contributed by atoms with E-state index in [0.717, 1.165) is 30.9 Å². The number of rotatable bonds is 5. The van der Waals surface area contributed by atoms with Crippen LogP contribution in [0.15, 0.2) is 53.3 Å². The maximum absolute atomic E-state index is 12.9. The zero-order valence-corrected chi connectivity index (χ0v) is 18.4. The quantitative estimate of drug-likeness (QED) is 0.620. The molecule has 0 atom stereocenters. The van der Waals surface area contributed by atoms with E-state index in [9.17, 15) is 9.59 Å². The van der Waals surface area contributed by atoms with Gasteiger partial charge in [0, 0.05) is 44.8 Å². The number of aromatic nitrogens is 2. The molecule has 3 aromatic rings. The highest BCUT2D eigenvalue weighted by molar-refractivity contribution is 7.71. The minimum Gasteiger partial charge on any atom is -0.497 e. The number of benzene rings is 2. The Kier molecular flexibility index (Phi) is 6.36. The SMILES string of the molecule is COc1ccc(N2CCCN(C(=O)CCn3c(=S)[nH]c4ccccc4c3=O)CC2)cc1. The molecule has 162 valence electrons. The Morgan fingerprint density at radius 3 is 2.61 bits per heavy atom. The second-order valence-electron chi connectivity index (χ2n) is 7.60. The van der Waals surface area contributed by atoms with Crippen molar-refractivity contribution in [1.29, 1.82) is 0 Å². The lowest BCUT2D eigenvalue weighted by Gasteiger charge is -2.24. The van der Waals surface area contributed by atoms with Crippen LogP contribution in [0.3, 0.4) is 0 Å². The van der Waals surface area contributed by atoms with E-state index < -0.39 is 0 Å². The van der Waals surface area contributed by atoms with E-state index in [1.807, 2.05) is 47.4 Å². The Morgan fingerprint density at radius 2 is 1.84 bits per heavy atom. The second-order valence-corrected chi connectivity index (χ2v) is 7.99. The second kappa shape index (κ2) is 9.34. The van der Waals surface area contributed by atoms with Gasteiger partial charge in [0.25, 0.3) is 5.56 Å². The van der Waals surface area contributed by atoms with E-state index in [1.165, 1.54) is 4.57 Å². The van der Waals surface area contributed by atoms with E-state index in [2.05, 4.69) is 9.88 Å². The maximum atomic E-state index is 12.9. The molecule has 0 bridgehead atoms. The molecule has 2 heterocycles. The summed E-state index contributed by atoms with van der Waals surface area (Å²) in [5.74, 6) is 0.878. The van der Waals surface area contributed by atoms with Gasteiger partial charge in [0.1, 0.15) is 5.75 Å². The summed E-state index contributed by atoms with van der Waals surface area (Å²) in [6, 6.07) is 15.3. The number of H-pyrrole nitrogens is 1. The number of anilines is 1. The molecule has 1 saturated heterocycles. The van der Waals surface area contributed by atoms with Gasteiger partial charge in [-0.3, -0.25) is 14.2 Å². The van der Waals surface area contributed by atoms with Gasteiger partial charge in [-0.25, -0.2) is 0 Å². The van der Waals surface area contributed by atoms with Gasteiger partial charge < -0.3 is 19.5 Å². The van der Waals surface area contributed by atoms with Crippen molar-refractivity contribution in [2.45, 2.75) is 19.4 Å². The van der Waals surface area contributed by atoms with Crippen molar-refractivity contribution in [3.63, 3.8) is 0 Å². The van der Waals surface area contributed by atoms with Crippen molar-refractivity contribution in [1.82, 2.24) is 14.5 Å². The summed E-state index contributed by atoms with van der Waals surface area (Å²) < 4.78 is 7.06. The highest BCUT2D eigenvalue weighted by Crippen LogP contribution is 2.20. The number of aromatic amines is 1. The average molecular weight is 439 g/mol. The normalized spacial score (nSPS) is 14.5. The molecule has 4 rings (SSSR count). The van der Waals surface area contributed by atoms with Crippen LogP contribution < -0.4 is 15.2 Å². The topological polar surface area (TPSA) is 70.6 Å². The summed E-state index contributed by atoms with van der Waals surface area (Å²) in [5.41, 5.74) is 1.68. The molecule has 0 spiro atoms. The number of carbonyl (C=O) groups excluding carboxylic acids is 1. The Balaban J connectivity index is 1.40. The Morgan fingerprint density at radius 1 is 1.06 bits per heavy atom. The van der Waals surface area contributed by atoms with Gasteiger partial charge in [-0.2, -0.15) is 0 Å². The van der Waals surface area contributed by atoms with Crippen LogP contribution in [0.2, 0.25) is 0 Å². The first-order valence-corrected chi connectivity index (χ1v) is 10.9. The highest BCUT2D eigenvalue weighted by atomic mass is 32.1. The van der Waals surface area contributed by atoms with Crippen LogP contribution >= 0.6 is 12.2 Å². The molecule has 1 aromatic heterocycles. The van der Waals surface area contributed by atoms with Crippen molar-refractivity contribution >= 4 is 34.7 Å². The van der Waals surface area contributed by atoms with Gasteiger partial charge in [-0.15, -0.1) is 0 Å². The number of methoxy groups -OCH3 is 1. The molecule has 31 heavy (non-hydrogen) atoms. The van der Waals surface area contributed by atoms with Crippen LogP contribution in [0.5, 0.6) is 5.75 Å². The van der Waals surface area contributed by atoms with Crippen molar-refractivity contribution < 1.29 is 9.53 Å². The molecule has 1 N–H and O–H groups in total. The number of hydrogen-bond acceptors (Lipinski definition) is 5. The summed E-state index contributed by atoms with van der Waals surface area (Å²) in [4.78, 5) is 32.9. The summed E-state index contributed by atoms with van der Waals surface area (Å²) >= 11 is 5.35. The zero-order chi connectivity index (χ0) is 21.8. The van der Waals surface area contributed by atoms with Crippen LogP contribution in [-0.4, -0.2) is 53.6 Å². The van der Waals surface area contributed by atoms with Crippen LogP contribution in [0, 0.1) is 4.77 Å². The third-order valence-electron chi connectivity index (χ3n) is 5.72. The van der Waals surface area contributed by atoms with Gasteiger partial charge >= 0.3 is 0 Å². The number of nitrogens with zero attached hydrogens (tertiary/aromatic N) is 3. The van der Waals surface area contributed by atoms with Crippen LogP contribution in [-0.2, 0) is 11.3 Å². The molecule has 0 unspecified atom stereocenters. The summed E-state index contributed by atoms with van der Waals surface area (Å²) in [5, 5.41) is 0.577. The van der Waals surface area contributed by atoms with E-state index in [4.69, 9.17) is 17.0 Å². The van der Waals surface area contributed by atoms with E-state index in [-0.39, 0.29) is 24.4 Å². The van der Waals surface area contributed by atoms with Crippen molar-refractivity contribution in [3.05, 3.63) is 63.7 Å². The van der Waals surface area contributed by atoms with Crippen LogP contribution in [0.25, 0.3) is 10.9 Å². The standard InChI is InChI=1S/C23H26N4O3S/c1-30-18-9-7-17(8-10-18)25-12-4-13-26(16-15-25)21(28)11-14-27-22(29)19-5-2-3-6-20(19)24-23(27)31/h2-3,5-10H,4,11-16H2,1H3,(H,24,31). The largest absolute Gasteiger partial charge is 0.497 e. The van der Waals surface area contributed by atoms with E-state index in [0.29, 0.717) is 28.8 Å². The summed E-state index contributed by atoms with van der Waals surface area (Å²) in [7, 11) is 1.66. The minimum atomic E-state index is -0.159. The molecule has 8 heteroatoms. The van der Waals surface area contributed by atoms with Crippen LogP contribution in [0.4, 0.5) is 5.69 Å². The lowest BCUT2D eigenvalue weighted by molar-refractivity contribution is -0.131. The summed E-state index contributed by atoms with van der Waals surface area (Å²) in [6.07, 6.45) is 1.14. The third kappa shape index (κ3) is 4.64. The van der Waals surface area contributed by atoms with E-state index >= 15 is 0 Å². The number of ether oxygens (including phenoxy) is 1. The van der Waals surface area contributed by atoms with Gasteiger partial charge in [-0.05, 0) is 55.0 Å². The number of carbonyl (C=O) groups is 1. The van der Waals surface area contributed by atoms with Gasteiger partial charge in [0.2, 0.25) is 5.91 Å². The monoisotopic (exact) mass is 438 g/mol. The fourth-order valence-corrected chi connectivity index (χ4v) is 4.27. The highest BCUT2D eigenvalue weighted by Gasteiger charge is 2.19. The van der Waals surface area contributed by atoms with Gasteiger partial charge in [0.05, 0.1) is 18.0 Å². The molecule has 7 nitrogen and oxygen atoms in total. The minimum absolute atomic E-state index is 0.0473. The Bertz CT molecular complexity index is 1190. The fraction of sp³-hybridized carbons (Fsp3) is 0.348. The molecule has 1 fully saturated rings. The molecule has 1 aliphatic heterocycles. The number of para-hydroxylation sites is 1. The first-order valence-electron chi connectivity index (χ1n) is 10.5. The van der Waals surface area contributed by atoms with Crippen molar-refractivity contribution in [2.75, 3.05) is 38.2 Å². The smallest absolute Gasteiger partial charge is 0.262 e. The first kappa shape index (κ1) is 21.1. The van der Waals surface area contributed by atoms with Gasteiger partial charge in [0.15, 0.2) is 4.77 Å². The predicted molar refractivity (Wildman–Crippen MR) is 124 cm³/mol. The average Bonchev–Trinajstić information content (AvgIpc) is 3.05. The molecule has 1 amide bonds. The van der Waals surface area contributed by atoms with Gasteiger partial charge in [-0.1, -0.05) is 12.1 Å². The number of hydrogen-bond donors (Lipinski definition) is 1. The van der Waals surface area contributed by atoms with Crippen molar-refractivity contribution in [3.8, 4) is 5.75 Å². The van der Waals surface area contributed by atoms with Crippen LogP contribution in [0.1, 0.15) is 12.8 Å². The maximum Gasteiger partial charge on any atom is 0.262 e. The fourth-order valence-electron chi connectivity index (χ4n) is 3.99. The third-order valence-corrected chi connectivity index (χ3v) is 6.05. The first-order chi connectivity index (χ1) is 15.1. The molecule has 1 aliphatic rings. The Labute approximate surface area is 185 Å².